The Balaban J connectivity index is 2.06. The van der Waals surface area contributed by atoms with Gasteiger partial charge in [-0.05, 0) is 69.3 Å². The Morgan fingerprint density at radius 1 is 0.849 bits per heavy atom. The first kappa shape index (κ1) is 60.0. The van der Waals surface area contributed by atoms with Crippen LogP contribution in [-0.4, -0.2) is 173 Å². The number of nitrogens with one attached hydrogen (secondary N) is 8. The molecule has 8 amide bonds. The fraction of sp³-hybridized carbons (Fsp3) is 0.568. The predicted molar refractivity (Wildman–Crippen MR) is 260 cm³/mol. The molecule has 6 unspecified atom stereocenters. The van der Waals surface area contributed by atoms with Gasteiger partial charge in [-0.3, -0.25) is 43.3 Å². The van der Waals surface area contributed by atoms with Crippen molar-refractivity contribution in [3.05, 3.63) is 41.9 Å². The van der Waals surface area contributed by atoms with Crippen LogP contribution in [0, 0.1) is 5.92 Å². The zero-order valence-corrected chi connectivity index (χ0v) is 41.1. The number of aliphatic hydroxyl groups excluding tert-OH is 3. The van der Waals surface area contributed by atoms with Crippen molar-refractivity contribution in [2.24, 2.45) is 39.6 Å². The number of β-amino-alcohol motifs (C(OH)–C–C–N with tert-alkyl or cyclic N) is 1. The third-order valence-corrected chi connectivity index (χ3v) is 11.1. The average molecular weight is 1030 g/mol. The van der Waals surface area contributed by atoms with Gasteiger partial charge < -0.3 is 95.8 Å². The summed E-state index contributed by atoms with van der Waals surface area (Å²) in [7, 11) is 1.50. The number of hydrogen-bond acceptors (Lipinski definition) is 19. The summed E-state index contributed by atoms with van der Waals surface area (Å²) in [5.74, 6) is -8.06. The highest BCUT2D eigenvalue weighted by molar-refractivity contribution is 6.02. The number of carbonyl (C=O) groups excluding carboxylic acids is 8. The number of allylic oxidation sites excluding steroid dienone is 1. The maximum atomic E-state index is 14.0. The van der Waals surface area contributed by atoms with E-state index in [2.05, 4.69) is 57.7 Å². The summed E-state index contributed by atoms with van der Waals surface area (Å²) in [4.78, 5) is 119. The molecule has 73 heavy (non-hydrogen) atoms. The van der Waals surface area contributed by atoms with E-state index in [-0.39, 0.29) is 68.8 Å². The summed E-state index contributed by atoms with van der Waals surface area (Å²) in [6.45, 7) is 2.55. The summed E-state index contributed by atoms with van der Waals surface area (Å²) in [5, 5.41) is 56.3. The summed E-state index contributed by atoms with van der Waals surface area (Å²) < 4.78 is 10.5. The highest BCUT2D eigenvalue weighted by atomic mass is 16.5. The van der Waals surface area contributed by atoms with Gasteiger partial charge in [0, 0.05) is 44.6 Å². The lowest BCUT2D eigenvalue weighted by atomic mass is 10.0. The number of aromatic nitrogens is 2. The van der Waals surface area contributed by atoms with Gasteiger partial charge in [-0.2, -0.15) is 4.98 Å². The van der Waals surface area contributed by atoms with Gasteiger partial charge in [0.2, 0.25) is 53.1 Å². The second-order valence-electron chi connectivity index (χ2n) is 17.2. The van der Waals surface area contributed by atoms with E-state index < -0.39 is 134 Å². The SMILES string of the molecule is C/C=C1\NC(=O)C(NC(=O)CCc2nc(-c3ccc(OC)cc3)no2)C(O)CNC(=O)C(C(O)CN)NC(=O)C(C(O)CN)NC(=O)[C@H](CCCN=C(N)N)NC(=O)[C@H](CC(C)C)NC(=O)[C@H](CCN)NC1=O. The van der Waals surface area contributed by atoms with Crippen LogP contribution in [0.1, 0.15) is 58.8 Å². The lowest BCUT2D eigenvalue weighted by Crippen LogP contribution is -2.64. The average Bonchev–Trinajstić information content (AvgIpc) is 3.85. The Kier molecular flexibility index (Phi) is 24.6. The molecule has 29 heteroatoms. The second kappa shape index (κ2) is 29.9. The van der Waals surface area contributed by atoms with Gasteiger partial charge in [0.05, 0.1) is 19.3 Å². The summed E-state index contributed by atoms with van der Waals surface area (Å²) >= 11 is 0. The largest absolute Gasteiger partial charge is 0.497 e. The van der Waals surface area contributed by atoms with E-state index >= 15 is 0 Å². The molecular formula is C44H70N16O13. The molecule has 0 radical (unpaired) electrons. The van der Waals surface area contributed by atoms with Crippen molar-refractivity contribution in [1.82, 2.24) is 52.7 Å². The first-order valence-corrected chi connectivity index (χ1v) is 23.4. The number of guanidine groups is 1. The maximum Gasteiger partial charge on any atom is 0.268 e. The molecule has 1 fully saturated rings. The quantitative estimate of drug-likeness (QED) is 0.0286. The third kappa shape index (κ3) is 19.0. The molecule has 21 N–H and O–H groups in total. The highest BCUT2D eigenvalue weighted by Crippen LogP contribution is 2.20. The molecule has 1 aromatic carbocycles. The molecule has 1 aliphatic heterocycles. The molecule has 1 saturated heterocycles. The standard InChI is InChI=1S/C44H70N16O13/c1-5-24-37(65)54-26(14-15-45)38(66)55-27(17-21(2)3)40(68)53-25(7-6-16-50-44(48)49)39(67)58-34(29(62)19-47)43(71)59-33(28(61)18-46)41(69)51-20-30(63)35(42(70)52-24)56-31(64)12-13-32-57-36(60-73-32)22-8-10-23(72-4)11-9-22/h5,8-11,21,25-30,33-35,61-63H,6-7,12-20,45-47H2,1-4H3,(H,51,69)(H,52,70)(H,53,68)(H,54,65)(H,55,66)(H,56,64)(H,58,67)(H,59,71)(H4,48,49,50)/b24-5-/t25-,26-,27-,28?,29?,30?,33?,34?,35?/m0/s1. The first-order valence-electron chi connectivity index (χ1n) is 23.4. The molecule has 2 aromatic rings. The molecule has 2 heterocycles. The molecule has 3 rings (SSSR count). The Hall–Kier alpha value is -7.31. The summed E-state index contributed by atoms with van der Waals surface area (Å²) in [6, 6.07) is -3.38. The Morgan fingerprint density at radius 3 is 2.03 bits per heavy atom. The van der Waals surface area contributed by atoms with E-state index in [0.717, 1.165) is 6.08 Å². The van der Waals surface area contributed by atoms with Crippen LogP contribution in [0.25, 0.3) is 11.4 Å². The molecule has 1 aromatic heterocycles. The maximum absolute atomic E-state index is 14.0. The number of carbonyl (C=O) groups is 8. The van der Waals surface area contributed by atoms with Crippen molar-refractivity contribution in [3.8, 4) is 17.1 Å². The predicted octanol–water partition coefficient (Wildman–Crippen LogP) is -6.82. The van der Waals surface area contributed by atoms with E-state index in [1.807, 2.05) is 0 Å². The van der Waals surface area contributed by atoms with Crippen LogP contribution in [0.2, 0.25) is 0 Å². The van der Waals surface area contributed by atoms with Crippen molar-refractivity contribution >= 4 is 53.2 Å². The molecule has 9 atom stereocenters. The molecule has 0 bridgehead atoms. The molecule has 0 spiro atoms. The highest BCUT2D eigenvalue weighted by Gasteiger charge is 2.38. The van der Waals surface area contributed by atoms with Crippen LogP contribution in [-0.2, 0) is 44.8 Å². The van der Waals surface area contributed by atoms with Gasteiger partial charge in [0.1, 0.15) is 53.8 Å². The van der Waals surface area contributed by atoms with Crippen LogP contribution < -0.4 is 75.9 Å². The number of aryl methyl sites for hydroxylation is 1. The van der Waals surface area contributed by atoms with Crippen LogP contribution in [0.4, 0.5) is 0 Å². The van der Waals surface area contributed by atoms with E-state index in [1.54, 1.807) is 38.1 Å². The molecule has 404 valence electrons. The monoisotopic (exact) mass is 1030 g/mol. The number of ether oxygens (including phenoxy) is 1. The third-order valence-electron chi connectivity index (χ3n) is 11.1. The van der Waals surface area contributed by atoms with Crippen molar-refractivity contribution < 1.29 is 62.9 Å². The number of benzene rings is 1. The number of aliphatic imine (C=N–C) groups is 1. The zero-order chi connectivity index (χ0) is 54.4. The lowest BCUT2D eigenvalue weighted by Gasteiger charge is -2.30. The van der Waals surface area contributed by atoms with Crippen molar-refractivity contribution in [2.45, 2.75) is 114 Å². The Morgan fingerprint density at radius 2 is 1.44 bits per heavy atom. The fourth-order valence-electron chi connectivity index (χ4n) is 7.05. The topological polar surface area (TPSA) is 484 Å². The van der Waals surface area contributed by atoms with Crippen LogP contribution in [0.5, 0.6) is 5.75 Å². The zero-order valence-electron chi connectivity index (χ0n) is 41.1. The fourth-order valence-corrected chi connectivity index (χ4v) is 7.05. The number of rotatable bonds is 18. The van der Waals surface area contributed by atoms with E-state index in [0.29, 0.717) is 11.3 Å². The van der Waals surface area contributed by atoms with Gasteiger partial charge in [-0.1, -0.05) is 25.1 Å². The van der Waals surface area contributed by atoms with Crippen molar-refractivity contribution in [3.63, 3.8) is 0 Å². The number of aliphatic hydroxyl groups is 3. The number of methoxy groups -OCH3 is 1. The van der Waals surface area contributed by atoms with E-state index in [1.165, 1.54) is 14.0 Å². The van der Waals surface area contributed by atoms with Gasteiger partial charge in [-0.15, -0.1) is 0 Å². The van der Waals surface area contributed by atoms with E-state index in [4.69, 9.17) is 37.9 Å². The Labute approximate surface area is 420 Å². The van der Waals surface area contributed by atoms with Gasteiger partial charge >= 0.3 is 0 Å². The lowest BCUT2D eigenvalue weighted by molar-refractivity contribution is -0.138. The van der Waals surface area contributed by atoms with E-state index in [9.17, 15) is 53.7 Å². The molecule has 0 saturated carbocycles. The van der Waals surface area contributed by atoms with Crippen molar-refractivity contribution in [2.75, 3.05) is 39.8 Å². The number of amides is 8. The number of nitrogens with zero attached hydrogens (tertiary/aromatic N) is 3. The second-order valence-corrected chi connectivity index (χ2v) is 17.2. The minimum Gasteiger partial charge on any atom is -0.497 e. The van der Waals surface area contributed by atoms with Crippen LogP contribution >= 0.6 is 0 Å². The summed E-state index contributed by atoms with van der Waals surface area (Å²) in [6.07, 6.45) is -5.35. The number of hydrogen-bond donors (Lipinski definition) is 16. The Bertz CT molecular complexity index is 2260. The smallest absolute Gasteiger partial charge is 0.268 e. The van der Waals surface area contributed by atoms with Crippen LogP contribution in [0.15, 0.2) is 45.6 Å². The number of nitrogens with two attached hydrogens (primary N) is 5. The normalized spacial score (nSPS) is 23.6. The minimum absolute atomic E-state index is 0.00169. The summed E-state index contributed by atoms with van der Waals surface area (Å²) in [5.41, 5.74) is 28.2. The minimum atomic E-state index is -2.01. The first-order chi connectivity index (χ1) is 34.7. The molecule has 1 aliphatic rings. The van der Waals surface area contributed by atoms with Gasteiger partial charge in [0.25, 0.3) is 5.91 Å². The van der Waals surface area contributed by atoms with Crippen LogP contribution in [0.3, 0.4) is 0 Å². The van der Waals surface area contributed by atoms with Gasteiger partial charge in [0.15, 0.2) is 5.96 Å². The molecular weight excluding hydrogens is 961 g/mol. The molecule has 0 aliphatic carbocycles. The van der Waals surface area contributed by atoms with Crippen molar-refractivity contribution in [1.29, 1.82) is 0 Å². The molecule has 29 nitrogen and oxygen atoms in total. The van der Waals surface area contributed by atoms with Gasteiger partial charge in [-0.25, -0.2) is 0 Å².